The van der Waals surface area contributed by atoms with E-state index in [2.05, 4.69) is 0 Å². The van der Waals surface area contributed by atoms with Crippen molar-refractivity contribution in [2.75, 3.05) is 6.61 Å². The van der Waals surface area contributed by atoms with Crippen LogP contribution in [-0.2, 0) is 11.3 Å². The van der Waals surface area contributed by atoms with Gasteiger partial charge in [-0.25, -0.2) is 4.39 Å². The smallest absolute Gasteiger partial charge is 0.128 e. The fourth-order valence-corrected chi connectivity index (χ4v) is 1.16. The molecule has 80 valence electrons. The van der Waals surface area contributed by atoms with Crippen molar-refractivity contribution in [3.8, 4) is 6.07 Å². The predicted octanol–water partition coefficient (Wildman–Crippen LogP) is 2.87. The van der Waals surface area contributed by atoms with E-state index in [0.29, 0.717) is 23.7 Å². The number of hydrogen-bond donors (Lipinski definition) is 0. The van der Waals surface area contributed by atoms with Crippen LogP contribution >= 0.6 is 0 Å². The first-order chi connectivity index (χ1) is 7.13. The Balaban J connectivity index is 2.64. The van der Waals surface area contributed by atoms with E-state index in [1.165, 1.54) is 18.2 Å². The van der Waals surface area contributed by atoms with Crippen LogP contribution < -0.4 is 0 Å². The monoisotopic (exact) mass is 207 g/mol. The highest BCUT2D eigenvalue weighted by molar-refractivity contribution is 5.33. The summed E-state index contributed by atoms with van der Waals surface area (Å²) >= 11 is 0. The molecule has 0 saturated heterocycles. The van der Waals surface area contributed by atoms with Gasteiger partial charge in [0.1, 0.15) is 5.82 Å². The molecular weight excluding hydrogens is 193 g/mol. The van der Waals surface area contributed by atoms with Gasteiger partial charge in [-0.1, -0.05) is 13.8 Å². The zero-order valence-corrected chi connectivity index (χ0v) is 8.96. The third-order valence-corrected chi connectivity index (χ3v) is 1.88. The van der Waals surface area contributed by atoms with Gasteiger partial charge in [0.2, 0.25) is 0 Å². The Labute approximate surface area is 89.3 Å². The van der Waals surface area contributed by atoms with E-state index in [4.69, 9.17) is 10.00 Å². The Kier molecular flexibility index (Phi) is 4.26. The second kappa shape index (κ2) is 5.47. The lowest BCUT2D eigenvalue weighted by Crippen LogP contribution is -2.03. The molecule has 0 atom stereocenters. The van der Waals surface area contributed by atoms with Gasteiger partial charge in [0.25, 0.3) is 0 Å². The number of rotatable bonds is 4. The molecule has 1 aromatic carbocycles. The SMILES string of the molecule is CC(C)COCc1cc(C#N)ccc1F. The summed E-state index contributed by atoms with van der Waals surface area (Å²) in [6.07, 6.45) is 0. The highest BCUT2D eigenvalue weighted by atomic mass is 19.1. The minimum absolute atomic E-state index is 0.222. The fourth-order valence-electron chi connectivity index (χ4n) is 1.16. The molecule has 0 radical (unpaired) electrons. The summed E-state index contributed by atoms with van der Waals surface area (Å²) in [7, 11) is 0. The minimum Gasteiger partial charge on any atom is -0.376 e. The second-order valence-corrected chi connectivity index (χ2v) is 3.83. The number of halogens is 1. The summed E-state index contributed by atoms with van der Waals surface area (Å²) in [5.74, 6) is 0.102. The Morgan fingerprint density at radius 1 is 1.47 bits per heavy atom. The predicted molar refractivity (Wildman–Crippen MR) is 55.6 cm³/mol. The Morgan fingerprint density at radius 2 is 2.20 bits per heavy atom. The third-order valence-electron chi connectivity index (χ3n) is 1.88. The fraction of sp³-hybridized carbons (Fsp3) is 0.417. The van der Waals surface area contributed by atoms with Crippen LogP contribution in [0.25, 0.3) is 0 Å². The Morgan fingerprint density at radius 3 is 2.80 bits per heavy atom. The molecule has 0 spiro atoms. The molecule has 0 bridgehead atoms. The van der Waals surface area contributed by atoms with Gasteiger partial charge in [0.15, 0.2) is 0 Å². The van der Waals surface area contributed by atoms with Gasteiger partial charge in [0, 0.05) is 12.2 Å². The van der Waals surface area contributed by atoms with Gasteiger partial charge in [-0.15, -0.1) is 0 Å². The highest BCUT2D eigenvalue weighted by Crippen LogP contribution is 2.11. The van der Waals surface area contributed by atoms with Crippen molar-refractivity contribution in [2.45, 2.75) is 20.5 Å². The van der Waals surface area contributed by atoms with Crippen LogP contribution in [0.3, 0.4) is 0 Å². The summed E-state index contributed by atoms with van der Waals surface area (Å²) in [6, 6.07) is 6.25. The first-order valence-electron chi connectivity index (χ1n) is 4.89. The maximum atomic E-state index is 13.2. The van der Waals surface area contributed by atoms with Gasteiger partial charge >= 0.3 is 0 Å². The molecule has 0 fully saturated rings. The van der Waals surface area contributed by atoms with Crippen LogP contribution in [0, 0.1) is 23.1 Å². The van der Waals surface area contributed by atoms with Crippen molar-refractivity contribution < 1.29 is 9.13 Å². The van der Waals surface area contributed by atoms with Crippen LogP contribution in [0.4, 0.5) is 4.39 Å². The molecule has 15 heavy (non-hydrogen) atoms. The van der Waals surface area contributed by atoms with Crippen molar-refractivity contribution >= 4 is 0 Å². The van der Waals surface area contributed by atoms with E-state index >= 15 is 0 Å². The van der Waals surface area contributed by atoms with Gasteiger partial charge < -0.3 is 4.74 Å². The summed E-state index contributed by atoms with van der Waals surface area (Å²) < 4.78 is 18.6. The van der Waals surface area contributed by atoms with E-state index in [-0.39, 0.29) is 12.4 Å². The van der Waals surface area contributed by atoms with E-state index in [9.17, 15) is 4.39 Å². The van der Waals surface area contributed by atoms with Crippen molar-refractivity contribution in [2.24, 2.45) is 5.92 Å². The first kappa shape index (κ1) is 11.7. The molecule has 0 aromatic heterocycles. The van der Waals surface area contributed by atoms with E-state index in [0.717, 1.165) is 0 Å². The van der Waals surface area contributed by atoms with E-state index < -0.39 is 0 Å². The largest absolute Gasteiger partial charge is 0.376 e. The molecule has 3 heteroatoms. The summed E-state index contributed by atoms with van der Waals surface area (Å²) in [4.78, 5) is 0. The number of hydrogen-bond acceptors (Lipinski definition) is 2. The van der Waals surface area contributed by atoms with Crippen molar-refractivity contribution in [1.29, 1.82) is 5.26 Å². The van der Waals surface area contributed by atoms with Crippen molar-refractivity contribution in [3.63, 3.8) is 0 Å². The molecule has 0 aliphatic heterocycles. The summed E-state index contributed by atoms with van der Waals surface area (Å²) in [6.45, 7) is 4.87. The highest BCUT2D eigenvalue weighted by Gasteiger charge is 2.04. The molecule has 2 nitrogen and oxygen atoms in total. The zero-order chi connectivity index (χ0) is 11.3. The molecule has 0 saturated carbocycles. The van der Waals surface area contributed by atoms with Gasteiger partial charge in [0.05, 0.1) is 18.2 Å². The van der Waals surface area contributed by atoms with Crippen molar-refractivity contribution in [1.82, 2.24) is 0 Å². The quantitative estimate of drug-likeness (QED) is 0.760. The Hall–Kier alpha value is -1.40. The molecule has 0 aliphatic rings. The topological polar surface area (TPSA) is 33.0 Å². The number of benzene rings is 1. The van der Waals surface area contributed by atoms with E-state index in [1.54, 1.807) is 0 Å². The lowest BCUT2D eigenvalue weighted by Gasteiger charge is -2.07. The molecule has 0 amide bonds. The molecular formula is C12H14FNO. The van der Waals surface area contributed by atoms with Crippen LogP contribution in [0.5, 0.6) is 0 Å². The summed E-state index contributed by atoms with van der Waals surface area (Å²) in [5.41, 5.74) is 0.897. The van der Waals surface area contributed by atoms with Crippen molar-refractivity contribution in [3.05, 3.63) is 35.1 Å². The van der Waals surface area contributed by atoms with Gasteiger partial charge in [-0.3, -0.25) is 0 Å². The van der Waals surface area contributed by atoms with E-state index in [1.807, 2.05) is 19.9 Å². The first-order valence-corrected chi connectivity index (χ1v) is 4.89. The molecule has 0 heterocycles. The minimum atomic E-state index is -0.322. The average Bonchev–Trinajstić information content (AvgIpc) is 2.20. The molecule has 1 aromatic rings. The average molecular weight is 207 g/mol. The third kappa shape index (κ3) is 3.69. The molecule has 0 N–H and O–H groups in total. The van der Waals surface area contributed by atoms with Gasteiger partial charge in [-0.2, -0.15) is 5.26 Å². The maximum absolute atomic E-state index is 13.2. The van der Waals surface area contributed by atoms with Crippen LogP contribution in [0.15, 0.2) is 18.2 Å². The van der Waals surface area contributed by atoms with Crippen LogP contribution in [0.1, 0.15) is 25.0 Å². The molecule has 0 unspecified atom stereocenters. The lowest BCUT2D eigenvalue weighted by molar-refractivity contribution is 0.0950. The summed E-state index contributed by atoms with van der Waals surface area (Å²) in [5, 5.41) is 8.65. The molecule has 1 rings (SSSR count). The van der Waals surface area contributed by atoms with Crippen LogP contribution in [-0.4, -0.2) is 6.61 Å². The number of nitrogens with zero attached hydrogens (tertiary/aromatic N) is 1. The Bertz CT molecular complexity index is 368. The number of nitriles is 1. The normalized spacial score (nSPS) is 10.3. The zero-order valence-electron chi connectivity index (χ0n) is 8.96. The standard InChI is InChI=1S/C12H14FNO/c1-9(2)7-15-8-11-5-10(6-14)3-4-12(11)13/h3-5,9H,7-8H2,1-2H3. The maximum Gasteiger partial charge on any atom is 0.128 e. The van der Waals surface area contributed by atoms with Crippen LogP contribution in [0.2, 0.25) is 0 Å². The van der Waals surface area contributed by atoms with Gasteiger partial charge in [-0.05, 0) is 24.1 Å². The molecule has 0 aliphatic carbocycles. The number of ether oxygens (including phenoxy) is 1. The lowest BCUT2D eigenvalue weighted by atomic mass is 10.1. The second-order valence-electron chi connectivity index (χ2n) is 3.83.